The van der Waals surface area contributed by atoms with E-state index in [1.54, 1.807) is 19.5 Å². The average molecular weight is 463 g/mol. The Morgan fingerprint density at radius 2 is 1.94 bits per heavy atom. The lowest BCUT2D eigenvalue weighted by molar-refractivity contribution is 0.416. The van der Waals surface area contributed by atoms with Crippen molar-refractivity contribution >= 4 is 34.6 Å². The van der Waals surface area contributed by atoms with E-state index in [0.29, 0.717) is 16.7 Å². The number of ether oxygens (including phenoxy) is 1. The van der Waals surface area contributed by atoms with Gasteiger partial charge >= 0.3 is 0 Å². The van der Waals surface area contributed by atoms with Gasteiger partial charge in [0, 0.05) is 44.1 Å². The molecule has 4 aromatic rings. The summed E-state index contributed by atoms with van der Waals surface area (Å²) in [6.45, 7) is 5.66. The van der Waals surface area contributed by atoms with Crippen molar-refractivity contribution in [1.82, 2.24) is 24.7 Å². The number of aromatic nitrogens is 4. The minimum absolute atomic E-state index is 0.428. The summed E-state index contributed by atoms with van der Waals surface area (Å²) in [6.07, 6.45) is 6.34. The van der Waals surface area contributed by atoms with Gasteiger partial charge in [0.05, 0.1) is 35.9 Å². The van der Waals surface area contributed by atoms with Gasteiger partial charge in [-0.25, -0.2) is 20.3 Å². The number of hydrogen-bond acceptors (Lipinski definition) is 6. The molecule has 1 saturated heterocycles. The molecule has 169 valence electrons. The molecule has 3 aromatic heterocycles. The number of methoxy groups -OCH3 is 1. The van der Waals surface area contributed by atoms with Crippen LogP contribution in [0.3, 0.4) is 0 Å². The van der Waals surface area contributed by atoms with E-state index in [1.165, 1.54) is 5.56 Å². The Hall–Kier alpha value is -3.36. The number of pyridine rings is 1. The summed E-state index contributed by atoms with van der Waals surface area (Å²) < 4.78 is 7.63. The summed E-state index contributed by atoms with van der Waals surface area (Å²) in [5.74, 6) is 1.15. The first-order valence-electron chi connectivity index (χ1n) is 11.0. The van der Waals surface area contributed by atoms with Crippen LogP contribution >= 0.6 is 11.6 Å². The predicted molar refractivity (Wildman–Crippen MR) is 131 cm³/mol. The first-order valence-corrected chi connectivity index (χ1v) is 11.4. The Bertz CT molecular complexity index is 1280. The van der Waals surface area contributed by atoms with Crippen LogP contribution in [0.2, 0.25) is 5.02 Å². The quantitative estimate of drug-likeness (QED) is 0.463. The number of benzene rings is 1. The number of aryl methyl sites for hydroxylation is 1. The van der Waals surface area contributed by atoms with Crippen LogP contribution < -0.4 is 20.3 Å². The van der Waals surface area contributed by atoms with Crippen molar-refractivity contribution in [2.24, 2.45) is 0 Å². The van der Waals surface area contributed by atoms with Gasteiger partial charge in [0.2, 0.25) is 5.95 Å². The fourth-order valence-corrected chi connectivity index (χ4v) is 4.18. The molecule has 9 heteroatoms. The van der Waals surface area contributed by atoms with Crippen LogP contribution in [0.15, 0.2) is 48.9 Å². The molecule has 1 N–H and O–H groups in total. The van der Waals surface area contributed by atoms with Gasteiger partial charge in [-0.05, 0) is 36.2 Å². The maximum atomic E-state index is 6.48. The molecule has 0 atom stereocenters. The second kappa shape index (κ2) is 9.25. The molecule has 8 nitrogen and oxygen atoms in total. The van der Waals surface area contributed by atoms with Gasteiger partial charge in [0.1, 0.15) is 17.1 Å². The van der Waals surface area contributed by atoms with E-state index in [1.807, 2.05) is 22.7 Å². The smallest absolute Gasteiger partial charge is 0.227 e. The zero-order valence-corrected chi connectivity index (χ0v) is 19.4. The maximum absolute atomic E-state index is 6.48. The van der Waals surface area contributed by atoms with Crippen LogP contribution in [0.5, 0.6) is 5.75 Å². The first-order chi connectivity index (χ1) is 16.2. The van der Waals surface area contributed by atoms with Crippen molar-refractivity contribution in [3.05, 3.63) is 59.5 Å². The highest BCUT2D eigenvalue weighted by Gasteiger charge is 2.16. The third kappa shape index (κ3) is 4.31. The van der Waals surface area contributed by atoms with Crippen molar-refractivity contribution in [3.8, 4) is 17.1 Å². The molecule has 0 unspecified atom stereocenters. The second-order valence-corrected chi connectivity index (χ2v) is 8.22. The SMILES string of the molecule is CCc1ccn2c(-c3nc(Nc4ccc(N5CC[N]CC5)cc4OC)ncc3Cl)cnc2c1. The van der Waals surface area contributed by atoms with Gasteiger partial charge in [-0.15, -0.1) is 0 Å². The van der Waals surface area contributed by atoms with Gasteiger partial charge in [-0.1, -0.05) is 18.5 Å². The van der Waals surface area contributed by atoms with Crippen molar-refractivity contribution in [1.29, 1.82) is 0 Å². The number of halogens is 1. The summed E-state index contributed by atoms with van der Waals surface area (Å²) >= 11 is 6.48. The molecule has 0 aliphatic carbocycles. The molecule has 0 amide bonds. The summed E-state index contributed by atoms with van der Waals surface area (Å²) in [4.78, 5) is 15.9. The zero-order chi connectivity index (χ0) is 22.8. The van der Waals surface area contributed by atoms with Crippen molar-refractivity contribution < 1.29 is 4.74 Å². The molecule has 0 spiro atoms. The normalized spacial score (nSPS) is 14.0. The number of anilines is 3. The first kappa shape index (κ1) is 21.5. The molecule has 1 fully saturated rings. The van der Waals surface area contributed by atoms with E-state index < -0.39 is 0 Å². The lowest BCUT2D eigenvalue weighted by atomic mass is 10.2. The van der Waals surface area contributed by atoms with E-state index >= 15 is 0 Å². The number of imidazole rings is 1. The van der Waals surface area contributed by atoms with Gasteiger partial charge < -0.3 is 15.0 Å². The largest absolute Gasteiger partial charge is 0.494 e. The number of fused-ring (bicyclic) bond motifs is 1. The van der Waals surface area contributed by atoms with Gasteiger partial charge in [0.25, 0.3) is 0 Å². The topological polar surface area (TPSA) is 81.7 Å². The number of nitrogens with one attached hydrogen (secondary N) is 1. The number of nitrogens with zero attached hydrogens (tertiary/aromatic N) is 6. The Morgan fingerprint density at radius 3 is 2.73 bits per heavy atom. The number of hydrogen-bond donors (Lipinski definition) is 1. The van der Waals surface area contributed by atoms with E-state index in [0.717, 1.165) is 61.1 Å². The van der Waals surface area contributed by atoms with Crippen LogP contribution in [-0.4, -0.2) is 52.6 Å². The minimum Gasteiger partial charge on any atom is -0.494 e. The fourth-order valence-electron chi connectivity index (χ4n) is 3.99. The fraction of sp³-hybridized carbons (Fsp3) is 0.292. The highest BCUT2D eigenvalue weighted by Crippen LogP contribution is 2.33. The van der Waals surface area contributed by atoms with Crippen LogP contribution in [0.25, 0.3) is 17.0 Å². The molecular formula is C24H25ClN7O. The lowest BCUT2D eigenvalue weighted by Gasteiger charge is -2.29. The maximum Gasteiger partial charge on any atom is 0.227 e. The number of rotatable bonds is 6. The molecular weight excluding hydrogens is 438 g/mol. The molecule has 0 bridgehead atoms. The highest BCUT2D eigenvalue weighted by molar-refractivity contribution is 6.32. The third-order valence-electron chi connectivity index (χ3n) is 5.83. The molecule has 1 aliphatic heterocycles. The molecule has 33 heavy (non-hydrogen) atoms. The minimum atomic E-state index is 0.428. The Labute approximate surface area is 197 Å². The van der Waals surface area contributed by atoms with E-state index in [9.17, 15) is 0 Å². The van der Waals surface area contributed by atoms with Crippen molar-refractivity contribution in [2.75, 3.05) is 43.5 Å². The zero-order valence-electron chi connectivity index (χ0n) is 18.6. The average Bonchev–Trinajstić information content (AvgIpc) is 3.29. The monoisotopic (exact) mass is 462 g/mol. The standard InChI is InChI=1S/C24H25ClN7O/c1-3-16-6-9-32-20(15-27-22(32)12-16)23-18(25)14-28-24(30-23)29-19-5-4-17(13-21(19)33-2)31-10-7-26-8-11-31/h4-6,9,12-15H,3,7-8,10-11H2,1-2H3,(H,28,29,30). The van der Waals surface area contributed by atoms with E-state index in [-0.39, 0.29) is 0 Å². The Morgan fingerprint density at radius 1 is 1.09 bits per heavy atom. The van der Waals surface area contributed by atoms with Crippen LogP contribution in [0.4, 0.5) is 17.3 Å². The van der Waals surface area contributed by atoms with Gasteiger partial charge in [-0.3, -0.25) is 4.40 Å². The highest BCUT2D eigenvalue weighted by atomic mass is 35.5. The van der Waals surface area contributed by atoms with E-state index in [2.05, 4.69) is 50.6 Å². The number of piperazine rings is 1. The summed E-state index contributed by atoms with van der Waals surface area (Å²) in [7, 11) is 1.66. The lowest BCUT2D eigenvalue weighted by Crippen LogP contribution is -2.40. The molecule has 4 heterocycles. The van der Waals surface area contributed by atoms with Crippen LogP contribution in [-0.2, 0) is 6.42 Å². The molecule has 5 rings (SSSR count). The molecule has 1 radical (unpaired) electrons. The second-order valence-electron chi connectivity index (χ2n) is 7.82. The molecule has 1 aliphatic rings. The molecule has 1 aromatic carbocycles. The third-order valence-corrected chi connectivity index (χ3v) is 6.10. The van der Waals surface area contributed by atoms with E-state index in [4.69, 9.17) is 21.3 Å². The van der Waals surface area contributed by atoms with Crippen molar-refractivity contribution in [2.45, 2.75) is 13.3 Å². The van der Waals surface area contributed by atoms with Crippen molar-refractivity contribution in [3.63, 3.8) is 0 Å². The summed E-state index contributed by atoms with van der Waals surface area (Å²) in [6, 6.07) is 10.2. The Balaban J connectivity index is 1.45. The summed E-state index contributed by atoms with van der Waals surface area (Å²) in [5, 5.41) is 8.15. The van der Waals surface area contributed by atoms with Gasteiger partial charge in [-0.2, -0.15) is 0 Å². The summed E-state index contributed by atoms with van der Waals surface area (Å²) in [5.41, 5.74) is 5.39. The predicted octanol–water partition coefficient (Wildman–Crippen LogP) is 4.18. The van der Waals surface area contributed by atoms with Crippen LogP contribution in [0, 0.1) is 0 Å². The van der Waals surface area contributed by atoms with Gasteiger partial charge in [0.15, 0.2) is 0 Å². The van der Waals surface area contributed by atoms with Crippen LogP contribution in [0.1, 0.15) is 12.5 Å². The molecule has 0 saturated carbocycles. The Kier molecular flexibility index (Phi) is 6.02.